The summed E-state index contributed by atoms with van der Waals surface area (Å²) in [6, 6.07) is 3.79. The van der Waals surface area contributed by atoms with Crippen molar-refractivity contribution in [3.63, 3.8) is 0 Å². The van der Waals surface area contributed by atoms with Gasteiger partial charge in [-0.1, -0.05) is 11.6 Å². The predicted molar refractivity (Wildman–Crippen MR) is 58.7 cm³/mol. The molecule has 0 amide bonds. The van der Waals surface area contributed by atoms with E-state index in [0.717, 1.165) is 12.2 Å². The van der Waals surface area contributed by atoms with Crippen LogP contribution in [-0.2, 0) is 0 Å². The average molecular weight is 192 g/mol. The second kappa shape index (κ2) is 5.27. The van der Waals surface area contributed by atoms with E-state index in [2.05, 4.69) is 23.3 Å². The van der Waals surface area contributed by atoms with Crippen molar-refractivity contribution in [2.24, 2.45) is 0 Å². The van der Waals surface area contributed by atoms with Crippen molar-refractivity contribution in [1.29, 1.82) is 0 Å². The van der Waals surface area contributed by atoms with Gasteiger partial charge in [0.1, 0.15) is 0 Å². The van der Waals surface area contributed by atoms with Gasteiger partial charge in [0, 0.05) is 12.6 Å². The Morgan fingerprint density at radius 3 is 2.86 bits per heavy atom. The summed E-state index contributed by atoms with van der Waals surface area (Å²) >= 11 is 0. The summed E-state index contributed by atoms with van der Waals surface area (Å²) in [6.45, 7) is 4.97. The Kier molecular flexibility index (Phi) is 3.98. The van der Waals surface area contributed by atoms with Crippen molar-refractivity contribution < 1.29 is 4.74 Å². The lowest BCUT2D eigenvalue weighted by molar-refractivity contribution is 0.398. The molecule has 1 aromatic heterocycles. The van der Waals surface area contributed by atoms with Crippen molar-refractivity contribution >= 4 is 5.69 Å². The maximum Gasteiger partial charge on any atom is 0.213 e. The molecule has 14 heavy (non-hydrogen) atoms. The third kappa shape index (κ3) is 3.09. The van der Waals surface area contributed by atoms with Crippen LogP contribution in [0.5, 0.6) is 5.88 Å². The van der Waals surface area contributed by atoms with E-state index in [9.17, 15) is 0 Å². The molecule has 0 fully saturated rings. The van der Waals surface area contributed by atoms with Gasteiger partial charge >= 0.3 is 0 Å². The molecule has 0 saturated heterocycles. The number of allylic oxidation sites excluding steroid dienone is 1. The summed E-state index contributed by atoms with van der Waals surface area (Å²) < 4.78 is 4.97. The normalized spacial score (nSPS) is 11.2. The first-order chi connectivity index (χ1) is 6.76. The molecule has 3 nitrogen and oxygen atoms in total. The molecule has 0 aromatic carbocycles. The maximum absolute atomic E-state index is 4.97. The standard InChI is InChI=1S/C11H16N2O/c1-4-9(2)7-12-10-5-6-11(14-3)13-8-10/h4-6,8,12H,7H2,1-3H3/b9-4+. The minimum absolute atomic E-state index is 0.637. The Balaban J connectivity index is 2.52. The molecule has 0 atom stereocenters. The molecule has 0 spiro atoms. The summed E-state index contributed by atoms with van der Waals surface area (Å²) in [5, 5.41) is 3.26. The van der Waals surface area contributed by atoms with E-state index in [-0.39, 0.29) is 0 Å². The van der Waals surface area contributed by atoms with Crippen LogP contribution in [-0.4, -0.2) is 18.6 Å². The number of nitrogens with zero attached hydrogens (tertiary/aromatic N) is 1. The first kappa shape index (κ1) is 10.6. The second-order valence-corrected chi connectivity index (χ2v) is 3.08. The van der Waals surface area contributed by atoms with Crippen LogP contribution in [0.2, 0.25) is 0 Å². The number of hydrogen-bond acceptors (Lipinski definition) is 3. The van der Waals surface area contributed by atoms with Crippen LogP contribution in [0.15, 0.2) is 30.0 Å². The smallest absolute Gasteiger partial charge is 0.213 e. The van der Waals surface area contributed by atoms with Gasteiger partial charge in [0.05, 0.1) is 19.0 Å². The van der Waals surface area contributed by atoms with E-state index in [1.54, 1.807) is 13.3 Å². The molecule has 1 heterocycles. The lowest BCUT2D eigenvalue weighted by Crippen LogP contribution is -2.02. The Bertz CT molecular complexity index is 304. The largest absolute Gasteiger partial charge is 0.481 e. The molecular formula is C11H16N2O. The zero-order valence-corrected chi connectivity index (χ0v) is 8.87. The van der Waals surface area contributed by atoms with Crippen molar-refractivity contribution in [3.8, 4) is 5.88 Å². The van der Waals surface area contributed by atoms with Gasteiger partial charge in [-0.2, -0.15) is 0 Å². The maximum atomic E-state index is 4.97. The third-order valence-corrected chi connectivity index (χ3v) is 2.01. The topological polar surface area (TPSA) is 34.1 Å². The van der Waals surface area contributed by atoms with Gasteiger partial charge in [-0.15, -0.1) is 0 Å². The number of pyridine rings is 1. The van der Waals surface area contributed by atoms with Crippen molar-refractivity contribution in [1.82, 2.24) is 4.98 Å². The molecule has 1 rings (SSSR count). The molecule has 0 bridgehead atoms. The molecule has 0 aliphatic heterocycles. The van der Waals surface area contributed by atoms with Crippen molar-refractivity contribution in [2.75, 3.05) is 19.0 Å². The summed E-state index contributed by atoms with van der Waals surface area (Å²) in [4.78, 5) is 4.10. The van der Waals surface area contributed by atoms with Crippen LogP contribution in [0.3, 0.4) is 0 Å². The number of aromatic nitrogens is 1. The number of methoxy groups -OCH3 is 1. The Labute approximate surface area is 84.8 Å². The molecule has 1 N–H and O–H groups in total. The quantitative estimate of drug-likeness (QED) is 0.744. The van der Waals surface area contributed by atoms with Gasteiger partial charge in [-0.3, -0.25) is 0 Å². The minimum Gasteiger partial charge on any atom is -0.481 e. The van der Waals surface area contributed by atoms with Crippen LogP contribution in [0.4, 0.5) is 5.69 Å². The molecule has 76 valence electrons. The van der Waals surface area contributed by atoms with Gasteiger partial charge in [0.25, 0.3) is 0 Å². The number of anilines is 1. The van der Waals surface area contributed by atoms with Gasteiger partial charge < -0.3 is 10.1 Å². The number of ether oxygens (including phenoxy) is 1. The van der Waals surface area contributed by atoms with E-state index in [1.165, 1.54) is 5.57 Å². The van der Waals surface area contributed by atoms with Crippen LogP contribution in [0.25, 0.3) is 0 Å². The van der Waals surface area contributed by atoms with Gasteiger partial charge in [0.2, 0.25) is 5.88 Å². The summed E-state index contributed by atoms with van der Waals surface area (Å²) in [6.07, 6.45) is 3.85. The second-order valence-electron chi connectivity index (χ2n) is 3.08. The van der Waals surface area contributed by atoms with Crippen LogP contribution in [0.1, 0.15) is 13.8 Å². The highest BCUT2D eigenvalue weighted by Gasteiger charge is 1.94. The molecule has 0 unspecified atom stereocenters. The Hall–Kier alpha value is -1.51. The van der Waals surface area contributed by atoms with E-state index < -0.39 is 0 Å². The highest BCUT2D eigenvalue weighted by Crippen LogP contribution is 2.11. The zero-order valence-electron chi connectivity index (χ0n) is 8.87. The van der Waals surface area contributed by atoms with Gasteiger partial charge in [0.15, 0.2) is 0 Å². The van der Waals surface area contributed by atoms with Gasteiger partial charge in [-0.05, 0) is 19.9 Å². The van der Waals surface area contributed by atoms with Crippen LogP contribution in [0, 0.1) is 0 Å². The molecule has 0 aliphatic rings. The monoisotopic (exact) mass is 192 g/mol. The fourth-order valence-corrected chi connectivity index (χ4v) is 0.949. The number of hydrogen-bond donors (Lipinski definition) is 1. The number of nitrogens with one attached hydrogen (secondary N) is 1. The SMILES string of the molecule is C/C=C(\C)CNc1ccc(OC)nc1. The Morgan fingerprint density at radius 1 is 1.57 bits per heavy atom. The lowest BCUT2D eigenvalue weighted by atomic mass is 10.3. The van der Waals surface area contributed by atoms with E-state index >= 15 is 0 Å². The minimum atomic E-state index is 0.637. The van der Waals surface area contributed by atoms with Crippen LogP contribution >= 0.6 is 0 Å². The fourth-order valence-electron chi connectivity index (χ4n) is 0.949. The summed E-state index contributed by atoms with van der Waals surface area (Å²) in [7, 11) is 1.61. The molecule has 0 radical (unpaired) electrons. The number of rotatable bonds is 4. The van der Waals surface area contributed by atoms with E-state index in [4.69, 9.17) is 4.74 Å². The fraction of sp³-hybridized carbons (Fsp3) is 0.364. The molecule has 1 aromatic rings. The molecule has 3 heteroatoms. The van der Waals surface area contributed by atoms with Crippen molar-refractivity contribution in [2.45, 2.75) is 13.8 Å². The summed E-state index contributed by atoms with van der Waals surface area (Å²) in [5.41, 5.74) is 2.31. The third-order valence-electron chi connectivity index (χ3n) is 2.01. The Morgan fingerprint density at radius 2 is 2.36 bits per heavy atom. The highest BCUT2D eigenvalue weighted by molar-refractivity contribution is 5.43. The van der Waals surface area contributed by atoms with Gasteiger partial charge in [-0.25, -0.2) is 4.98 Å². The first-order valence-electron chi connectivity index (χ1n) is 4.62. The van der Waals surface area contributed by atoms with E-state index in [0.29, 0.717) is 5.88 Å². The molecule has 0 saturated carbocycles. The molecule has 0 aliphatic carbocycles. The highest BCUT2D eigenvalue weighted by atomic mass is 16.5. The van der Waals surface area contributed by atoms with E-state index in [1.807, 2.05) is 19.1 Å². The summed E-state index contributed by atoms with van der Waals surface area (Å²) in [5.74, 6) is 0.637. The average Bonchev–Trinajstić information content (AvgIpc) is 2.26. The molecular weight excluding hydrogens is 176 g/mol. The lowest BCUT2D eigenvalue weighted by Gasteiger charge is -2.06. The van der Waals surface area contributed by atoms with Crippen LogP contribution < -0.4 is 10.1 Å². The first-order valence-corrected chi connectivity index (χ1v) is 4.62. The van der Waals surface area contributed by atoms with Crippen molar-refractivity contribution in [3.05, 3.63) is 30.0 Å². The predicted octanol–water partition coefficient (Wildman–Crippen LogP) is 2.47. The zero-order chi connectivity index (χ0) is 10.4.